The highest BCUT2D eigenvalue weighted by Crippen LogP contribution is 2.32. The van der Waals surface area contributed by atoms with E-state index in [9.17, 15) is 14.4 Å². The van der Waals surface area contributed by atoms with Crippen LogP contribution in [0, 0.1) is 5.92 Å². The fraction of sp³-hybridized carbons (Fsp3) is 0.550. The van der Waals surface area contributed by atoms with Crippen molar-refractivity contribution in [3.05, 3.63) is 28.2 Å². The predicted octanol–water partition coefficient (Wildman–Crippen LogP) is 2.54. The first-order valence-electron chi connectivity index (χ1n) is 9.61. The average molecular weight is 436 g/mol. The van der Waals surface area contributed by atoms with Gasteiger partial charge in [0.15, 0.2) is 0 Å². The lowest BCUT2D eigenvalue weighted by Crippen LogP contribution is -2.50. The van der Waals surface area contributed by atoms with Gasteiger partial charge in [0.05, 0.1) is 6.04 Å². The molecule has 1 aromatic rings. The van der Waals surface area contributed by atoms with Crippen molar-refractivity contribution in [3.63, 3.8) is 0 Å². The van der Waals surface area contributed by atoms with Crippen molar-refractivity contribution in [2.24, 2.45) is 5.92 Å². The fourth-order valence-electron chi connectivity index (χ4n) is 3.90. The van der Waals surface area contributed by atoms with Gasteiger partial charge in [-0.05, 0) is 43.7 Å². The first-order valence-corrected chi connectivity index (χ1v) is 10.4. The highest BCUT2D eigenvalue weighted by Gasteiger charge is 2.27. The lowest BCUT2D eigenvalue weighted by Gasteiger charge is -2.35. The van der Waals surface area contributed by atoms with Gasteiger partial charge in [-0.2, -0.15) is 0 Å². The molecule has 2 amide bonds. The van der Waals surface area contributed by atoms with Gasteiger partial charge in [-0.1, -0.05) is 22.0 Å². The number of piperidine rings is 2. The Morgan fingerprint density at radius 2 is 2.00 bits per heavy atom. The summed E-state index contributed by atoms with van der Waals surface area (Å²) in [6.45, 7) is 2.52. The van der Waals surface area contributed by atoms with Crippen LogP contribution in [0.2, 0.25) is 0 Å². The maximum Gasteiger partial charge on any atom is 0.243 e. The molecule has 0 bridgehead atoms. The third kappa shape index (κ3) is 5.17. The average Bonchev–Trinajstić information content (AvgIpc) is 2.67. The Labute approximate surface area is 168 Å². The van der Waals surface area contributed by atoms with Gasteiger partial charge >= 0.3 is 0 Å². The number of benzene rings is 1. The van der Waals surface area contributed by atoms with Crippen LogP contribution in [0.3, 0.4) is 0 Å². The van der Waals surface area contributed by atoms with Crippen molar-refractivity contribution in [1.82, 2.24) is 10.6 Å². The van der Waals surface area contributed by atoms with E-state index in [-0.39, 0.29) is 17.9 Å². The van der Waals surface area contributed by atoms with Crippen LogP contribution in [0.15, 0.2) is 22.7 Å². The molecule has 3 rings (SSSR count). The molecule has 0 aromatic heterocycles. The number of aldehydes is 1. The maximum absolute atomic E-state index is 12.0. The minimum atomic E-state index is -0.336. The number of amides is 2. The lowest BCUT2D eigenvalue weighted by atomic mass is 9.92. The van der Waals surface area contributed by atoms with Crippen LogP contribution in [-0.4, -0.2) is 37.2 Å². The molecule has 1 aromatic carbocycles. The molecule has 2 N–H and O–H groups in total. The molecule has 1 unspecified atom stereocenters. The van der Waals surface area contributed by atoms with E-state index in [2.05, 4.69) is 37.5 Å². The number of carbonyl (C=O) groups excluding carboxylic acids is 3. The normalized spacial score (nSPS) is 21.2. The molecule has 2 heterocycles. The number of nitrogens with one attached hydrogen (secondary N) is 2. The second kappa shape index (κ2) is 9.46. The summed E-state index contributed by atoms with van der Waals surface area (Å²) < 4.78 is 1.02. The molecule has 6 nitrogen and oxygen atoms in total. The number of imide groups is 1. The molecule has 2 aliphatic rings. The van der Waals surface area contributed by atoms with Crippen LogP contribution in [-0.2, 0) is 20.9 Å². The molecule has 146 valence electrons. The number of rotatable bonds is 7. The molecule has 0 aliphatic carbocycles. The van der Waals surface area contributed by atoms with Gasteiger partial charge in [-0.3, -0.25) is 14.9 Å². The summed E-state index contributed by atoms with van der Waals surface area (Å²) in [4.78, 5) is 36.3. The van der Waals surface area contributed by atoms with E-state index in [1.54, 1.807) is 0 Å². The third-order valence-electron chi connectivity index (χ3n) is 5.51. The predicted molar refractivity (Wildman–Crippen MR) is 107 cm³/mol. The van der Waals surface area contributed by atoms with E-state index in [1.165, 1.54) is 5.69 Å². The summed E-state index contributed by atoms with van der Waals surface area (Å²) in [7, 11) is 0. The number of hydrogen-bond donors (Lipinski definition) is 2. The molecular weight excluding hydrogens is 410 g/mol. The molecule has 2 saturated heterocycles. The largest absolute Gasteiger partial charge is 0.371 e. The fourth-order valence-corrected chi connectivity index (χ4v) is 4.39. The van der Waals surface area contributed by atoms with E-state index < -0.39 is 0 Å². The van der Waals surface area contributed by atoms with Gasteiger partial charge in [-0.15, -0.1) is 0 Å². The zero-order chi connectivity index (χ0) is 19.2. The number of carbonyl (C=O) groups is 3. The molecule has 1 atom stereocenters. The molecule has 0 saturated carbocycles. The Morgan fingerprint density at radius 1 is 1.22 bits per heavy atom. The van der Waals surface area contributed by atoms with Crippen molar-refractivity contribution in [2.45, 2.75) is 51.1 Å². The van der Waals surface area contributed by atoms with Crippen LogP contribution in [0.5, 0.6) is 0 Å². The molecule has 2 fully saturated rings. The highest BCUT2D eigenvalue weighted by atomic mass is 79.9. The molecule has 2 aliphatic heterocycles. The summed E-state index contributed by atoms with van der Waals surface area (Å²) in [6.07, 6.45) is 5.76. The first kappa shape index (κ1) is 20.0. The number of anilines is 1. The number of nitrogens with zero attached hydrogens (tertiary/aromatic N) is 1. The van der Waals surface area contributed by atoms with Gasteiger partial charge in [-0.25, -0.2) is 0 Å². The monoisotopic (exact) mass is 435 g/mol. The van der Waals surface area contributed by atoms with Crippen molar-refractivity contribution >= 4 is 39.7 Å². The van der Waals surface area contributed by atoms with E-state index in [4.69, 9.17) is 0 Å². The smallest absolute Gasteiger partial charge is 0.243 e. The van der Waals surface area contributed by atoms with Gasteiger partial charge in [0, 0.05) is 48.2 Å². The van der Waals surface area contributed by atoms with Gasteiger partial charge in [0.1, 0.15) is 6.29 Å². The molecule has 0 radical (unpaired) electrons. The summed E-state index contributed by atoms with van der Waals surface area (Å²) in [5.74, 6) is 0.191. The third-order valence-corrected chi connectivity index (χ3v) is 6.25. The summed E-state index contributed by atoms with van der Waals surface area (Å²) in [5.41, 5.74) is 2.31. The van der Waals surface area contributed by atoms with Crippen LogP contribution >= 0.6 is 15.9 Å². The highest BCUT2D eigenvalue weighted by molar-refractivity contribution is 9.10. The Kier molecular flexibility index (Phi) is 7.01. The van der Waals surface area contributed by atoms with Crippen LogP contribution in [0.4, 0.5) is 5.69 Å². The van der Waals surface area contributed by atoms with Crippen LogP contribution in [0.1, 0.15) is 44.1 Å². The van der Waals surface area contributed by atoms with Crippen molar-refractivity contribution in [3.8, 4) is 0 Å². The second-order valence-electron chi connectivity index (χ2n) is 7.30. The minimum absolute atomic E-state index is 0.197. The quantitative estimate of drug-likeness (QED) is 0.508. The molecular formula is C20H26BrN3O3. The standard InChI is InChI=1S/C20H26BrN3O3/c21-16-4-1-5-18(24-10-8-14(9-11-24)3-2-12-25)15(16)13-22-17-6-7-19(26)23-20(17)27/h1,4-5,12,14,17,22H,2-3,6-11,13H2,(H,23,26,27). The lowest BCUT2D eigenvalue weighted by molar-refractivity contribution is -0.134. The molecule has 0 spiro atoms. The summed E-state index contributed by atoms with van der Waals surface area (Å²) >= 11 is 3.65. The van der Waals surface area contributed by atoms with Gasteiger partial charge in [0.2, 0.25) is 11.8 Å². The Hall–Kier alpha value is -1.73. The Balaban J connectivity index is 1.64. The van der Waals surface area contributed by atoms with E-state index >= 15 is 0 Å². The second-order valence-corrected chi connectivity index (χ2v) is 8.15. The number of hydrogen-bond acceptors (Lipinski definition) is 5. The van der Waals surface area contributed by atoms with Crippen molar-refractivity contribution < 1.29 is 14.4 Å². The van der Waals surface area contributed by atoms with Gasteiger partial charge in [0.25, 0.3) is 0 Å². The zero-order valence-electron chi connectivity index (χ0n) is 15.4. The zero-order valence-corrected chi connectivity index (χ0v) is 17.0. The van der Waals surface area contributed by atoms with E-state index in [1.807, 2.05) is 12.1 Å². The van der Waals surface area contributed by atoms with Crippen molar-refractivity contribution in [2.75, 3.05) is 18.0 Å². The van der Waals surface area contributed by atoms with Crippen molar-refractivity contribution in [1.29, 1.82) is 0 Å². The first-order chi connectivity index (χ1) is 13.1. The maximum atomic E-state index is 12.0. The molecule has 7 heteroatoms. The number of halogens is 1. The van der Waals surface area contributed by atoms with E-state index in [0.29, 0.717) is 31.7 Å². The topological polar surface area (TPSA) is 78.5 Å². The van der Waals surface area contributed by atoms with Gasteiger partial charge < -0.3 is 15.0 Å². The minimum Gasteiger partial charge on any atom is -0.371 e. The molecule has 27 heavy (non-hydrogen) atoms. The summed E-state index contributed by atoms with van der Waals surface area (Å²) in [5, 5.41) is 5.70. The van der Waals surface area contributed by atoms with Crippen LogP contribution < -0.4 is 15.5 Å². The Bertz CT molecular complexity index is 702. The van der Waals surface area contributed by atoms with E-state index in [0.717, 1.165) is 48.7 Å². The SMILES string of the molecule is O=CCCC1CCN(c2cccc(Br)c2CNC2CCC(=O)NC2=O)CC1. The summed E-state index contributed by atoms with van der Waals surface area (Å²) in [6, 6.07) is 5.84. The Morgan fingerprint density at radius 3 is 2.70 bits per heavy atom. The van der Waals surface area contributed by atoms with Crippen LogP contribution in [0.25, 0.3) is 0 Å².